The fourth-order valence-electron chi connectivity index (χ4n) is 2.26. The minimum Gasteiger partial charge on any atom is -0.324 e. The van der Waals surface area contributed by atoms with Gasteiger partial charge in [-0.25, -0.2) is 9.67 Å². The Hall–Kier alpha value is -2.90. The molecule has 0 bridgehead atoms. The second-order valence-corrected chi connectivity index (χ2v) is 6.52. The molecule has 27 heavy (non-hydrogen) atoms. The Labute approximate surface area is 165 Å². The Bertz CT molecular complexity index is 958. The lowest BCUT2D eigenvalue weighted by molar-refractivity contribution is -0.119. The number of carbonyl (C=O) groups is 2. The average Bonchev–Trinajstić information content (AvgIpc) is 3.19. The summed E-state index contributed by atoms with van der Waals surface area (Å²) in [6.07, 6.45) is 2.85. The minimum atomic E-state index is -0.499. The van der Waals surface area contributed by atoms with Crippen LogP contribution in [0.15, 0.2) is 55.1 Å². The highest BCUT2D eigenvalue weighted by molar-refractivity contribution is 6.42. The molecule has 3 rings (SSSR count). The molecule has 0 saturated carbocycles. The second kappa shape index (κ2) is 8.20. The summed E-state index contributed by atoms with van der Waals surface area (Å²) in [5.41, 5.74) is 1.57. The van der Waals surface area contributed by atoms with Gasteiger partial charge in [-0.1, -0.05) is 23.2 Å². The van der Waals surface area contributed by atoms with Gasteiger partial charge < -0.3 is 10.6 Å². The van der Waals surface area contributed by atoms with Crippen molar-refractivity contribution in [3.8, 4) is 0 Å². The number of carbonyl (C=O) groups excluding carboxylic acids is 2. The van der Waals surface area contributed by atoms with Crippen LogP contribution >= 0.6 is 23.2 Å². The SMILES string of the molecule is CC(C(=O)Nc1ccc(NC(=O)c2ccc(Cl)c(Cl)c2)cc1)n1cncn1. The number of benzene rings is 2. The van der Waals surface area contributed by atoms with Crippen molar-refractivity contribution in [2.24, 2.45) is 0 Å². The number of halogens is 2. The maximum absolute atomic E-state index is 12.3. The van der Waals surface area contributed by atoms with Crippen molar-refractivity contribution in [2.75, 3.05) is 10.6 Å². The zero-order valence-electron chi connectivity index (χ0n) is 14.2. The lowest BCUT2D eigenvalue weighted by Crippen LogP contribution is -2.24. The third-order valence-electron chi connectivity index (χ3n) is 3.80. The molecule has 1 unspecified atom stereocenters. The zero-order chi connectivity index (χ0) is 19.4. The summed E-state index contributed by atoms with van der Waals surface area (Å²) in [5, 5.41) is 10.2. The maximum Gasteiger partial charge on any atom is 0.255 e. The smallest absolute Gasteiger partial charge is 0.255 e. The van der Waals surface area contributed by atoms with Gasteiger partial charge in [-0.05, 0) is 49.4 Å². The van der Waals surface area contributed by atoms with Crippen LogP contribution in [0.25, 0.3) is 0 Å². The van der Waals surface area contributed by atoms with Crippen LogP contribution in [0.4, 0.5) is 11.4 Å². The van der Waals surface area contributed by atoms with Crippen molar-refractivity contribution in [1.29, 1.82) is 0 Å². The van der Waals surface area contributed by atoms with E-state index in [0.717, 1.165) is 0 Å². The molecule has 0 aliphatic carbocycles. The van der Waals surface area contributed by atoms with E-state index < -0.39 is 6.04 Å². The third kappa shape index (κ3) is 4.64. The first-order valence-corrected chi connectivity index (χ1v) is 8.71. The number of anilines is 2. The Balaban J connectivity index is 1.62. The number of amides is 2. The van der Waals surface area contributed by atoms with Gasteiger partial charge in [-0.2, -0.15) is 5.10 Å². The Morgan fingerprint density at radius 2 is 1.67 bits per heavy atom. The molecule has 7 nitrogen and oxygen atoms in total. The fourth-order valence-corrected chi connectivity index (χ4v) is 2.56. The molecule has 3 aromatic rings. The molecule has 0 spiro atoms. The lowest BCUT2D eigenvalue weighted by Gasteiger charge is -2.12. The molecule has 2 aromatic carbocycles. The highest BCUT2D eigenvalue weighted by Crippen LogP contribution is 2.23. The van der Waals surface area contributed by atoms with Crippen LogP contribution in [0.1, 0.15) is 23.3 Å². The van der Waals surface area contributed by atoms with Crippen molar-refractivity contribution in [2.45, 2.75) is 13.0 Å². The summed E-state index contributed by atoms with van der Waals surface area (Å²) in [4.78, 5) is 28.3. The molecular weight excluding hydrogens is 389 g/mol. The van der Waals surface area contributed by atoms with Gasteiger partial charge >= 0.3 is 0 Å². The normalized spacial score (nSPS) is 11.7. The summed E-state index contributed by atoms with van der Waals surface area (Å²) in [6.45, 7) is 1.72. The van der Waals surface area contributed by atoms with Gasteiger partial charge in [-0.3, -0.25) is 9.59 Å². The predicted octanol–water partition coefficient (Wildman–Crippen LogP) is 4.04. The molecule has 0 aliphatic heterocycles. The van der Waals surface area contributed by atoms with Crippen molar-refractivity contribution in [1.82, 2.24) is 14.8 Å². The number of aromatic nitrogens is 3. The standard InChI is InChI=1S/C18H15Cl2N5O2/c1-11(25-10-21-9-22-25)17(26)23-13-3-5-14(6-4-13)24-18(27)12-2-7-15(19)16(20)8-12/h2-11H,1H3,(H,23,26)(H,24,27). The summed E-state index contributed by atoms with van der Waals surface area (Å²) in [5.74, 6) is -0.543. The van der Waals surface area contributed by atoms with E-state index in [4.69, 9.17) is 23.2 Å². The topological polar surface area (TPSA) is 88.9 Å². The molecule has 2 N–H and O–H groups in total. The number of hydrogen-bond donors (Lipinski definition) is 2. The molecule has 0 fully saturated rings. The monoisotopic (exact) mass is 403 g/mol. The van der Waals surface area contributed by atoms with E-state index in [-0.39, 0.29) is 11.8 Å². The van der Waals surface area contributed by atoms with Crippen LogP contribution in [0.3, 0.4) is 0 Å². The maximum atomic E-state index is 12.3. The Morgan fingerprint density at radius 1 is 1.00 bits per heavy atom. The van der Waals surface area contributed by atoms with Gasteiger partial charge in [0.25, 0.3) is 5.91 Å². The van der Waals surface area contributed by atoms with Crippen LogP contribution in [0.2, 0.25) is 10.0 Å². The number of nitrogens with zero attached hydrogens (tertiary/aromatic N) is 3. The fraction of sp³-hybridized carbons (Fsp3) is 0.111. The van der Waals surface area contributed by atoms with Gasteiger partial charge in [0.05, 0.1) is 10.0 Å². The van der Waals surface area contributed by atoms with E-state index in [0.29, 0.717) is 27.0 Å². The minimum absolute atomic E-state index is 0.229. The van der Waals surface area contributed by atoms with Crippen LogP contribution in [0.5, 0.6) is 0 Å². The first-order valence-electron chi connectivity index (χ1n) is 7.95. The van der Waals surface area contributed by atoms with Crippen LogP contribution < -0.4 is 10.6 Å². The van der Waals surface area contributed by atoms with E-state index in [1.165, 1.54) is 23.4 Å². The largest absolute Gasteiger partial charge is 0.324 e. The van der Waals surface area contributed by atoms with Crippen LogP contribution in [-0.2, 0) is 4.79 Å². The van der Waals surface area contributed by atoms with E-state index >= 15 is 0 Å². The molecule has 0 radical (unpaired) electrons. The van der Waals surface area contributed by atoms with Gasteiger partial charge in [0.15, 0.2) is 0 Å². The lowest BCUT2D eigenvalue weighted by atomic mass is 10.2. The molecule has 1 heterocycles. The Morgan fingerprint density at radius 3 is 2.26 bits per heavy atom. The quantitative estimate of drug-likeness (QED) is 0.672. The number of rotatable bonds is 5. The molecule has 2 amide bonds. The molecule has 1 aromatic heterocycles. The van der Waals surface area contributed by atoms with Gasteiger partial charge in [0.1, 0.15) is 18.7 Å². The molecule has 138 valence electrons. The van der Waals surface area contributed by atoms with Gasteiger partial charge in [0, 0.05) is 16.9 Å². The third-order valence-corrected chi connectivity index (χ3v) is 4.54. The summed E-state index contributed by atoms with van der Waals surface area (Å²) < 4.78 is 1.46. The average molecular weight is 404 g/mol. The van der Waals surface area contributed by atoms with Crippen molar-refractivity contribution >= 4 is 46.4 Å². The van der Waals surface area contributed by atoms with Crippen LogP contribution in [-0.4, -0.2) is 26.6 Å². The Kier molecular flexibility index (Phi) is 5.73. The summed E-state index contributed by atoms with van der Waals surface area (Å²) in [6, 6.07) is 10.9. The van der Waals surface area contributed by atoms with E-state index in [2.05, 4.69) is 20.7 Å². The summed E-state index contributed by atoms with van der Waals surface area (Å²) in [7, 11) is 0. The molecule has 9 heteroatoms. The van der Waals surface area contributed by atoms with Gasteiger partial charge in [-0.15, -0.1) is 0 Å². The van der Waals surface area contributed by atoms with Crippen LogP contribution in [0, 0.1) is 0 Å². The summed E-state index contributed by atoms with van der Waals surface area (Å²) >= 11 is 11.8. The first-order chi connectivity index (χ1) is 12.9. The van der Waals surface area contributed by atoms with Gasteiger partial charge in [0.2, 0.25) is 5.91 Å². The predicted molar refractivity (Wildman–Crippen MR) is 104 cm³/mol. The zero-order valence-corrected chi connectivity index (χ0v) is 15.7. The second-order valence-electron chi connectivity index (χ2n) is 5.70. The van der Waals surface area contributed by atoms with Crippen molar-refractivity contribution in [3.63, 3.8) is 0 Å². The molecule has 0 aliphatic rings. The molecular formula is C18H15Cl2N5O2. The molecule has 1 atom stereocenters. The van der Waals surface area contributed by atoms with E-state index in [1.54, 1.807) is 43.3 Å². The van der Waals surface area contributed by atoms with Crippen molar-refractivity contribution in [3.05, 3.63) is 70.7 Å². The van der Waals surface area contributed by atoms with Crippen molar-refractivity contribution < 1.29 is 9.59 Å². The first kappa shape index (κ1) is 18.9. The molecule has 0 saturated heterocycles. The van der Waals surface area contributed by atoms with E-state index in [1.807, 2.05) is 0 Å². The number of nitrogens with one attached hydrogen (secondary N) is 2. The van der Waals surface area contributed by atoms with E-state index in [9.17, 15) is 9.59 Å². The highest BCUT2D eigenvalue weighted by atomic mass is 35.5. The number of hydrogen-bond acceptors (Lipinski definition) is 4. The highest BCUT2D eigenvalue weighted by Gasteiger charge is 2.15.